The Bertz CT molecular complexity index is 436. The lowest BCUT2D eigenvalue weighted by molar-refractivity contribution is -0.0752. The lowest BCUT2D eigenvalue weighted by Crippen LogP contribution is -2.52. The van der Waals surface area contributed by atoms with E-state index in [9.17, 15) is 0 Å². The van der Waals surface area contributed by atoms with Crippen LogP contribution in [-0.2, 0) is 11.2 Å². The monoisotopic (exact) mass is 269 g/mol. The summed E-state index contributed by atoms with van der Waals surface area (Å²) in [6.45, 7) is 10.0. The maximum absolute atomic E-state index is 6.15. The summed E-state index contributed by atoms with van der Waals surface area (Å²) in [7, 11) is 0. The van der Waals surface area contributed by atoms with Gasteiger partial charge in [-0.3, -0.25) is 0 Å². The van der Waals surface area contributed by atoms with E-state index in [-0.39, 0.29) is 11.7 Å². The van der Waals surface area contributed by atoms with E-state index in [0.29, 0.717) is 5.15 Å². The molecule has 1 aromatic rings. The highest BCUT2D eigenvalue weighted by Gasteiger charge is 2.33. The lowest BCUT2D eigenvalue weighted by atomic mass is 10.0. The minimum Gasteiger partial charge on any atom is -0.369 e. The Kier molecular flexibility index (Phi) is 3.78. The van der Waals surface area contributed by atoms with Crippen molar-refractivity contribution in [1.29, 1.82) is 0 Å². The van der Waals surface area contributed by atoms with Gasteiger partial charge in [-0.15, -0.1) is 0 Å². The van der Waals surface area contributed by atoms with Crippen molar-refractivity contribution in [3.05, 3.63) is 17.0 Å². The minimum atomic E-state index is -0.167. The second-order valence-corrected chi connectivity index (χ2v) is 5.75. The first-order valence-corrected chi connectivity index (χ1v) is 6.73. The molecule has 1 aromatic heterocycles. The highest BCUT2D eigenvalue weighted by Crippen LogP contribution is 2.29. The van der Waals surface area contributed by atoms with E-state index in [1.165, 1.54) is 6.33 Å². The average Bonchev–Trinajstić information content (AvgIpc) is 2.25. The first-order chi connectivity index (χ1) is 8.43. The van der Waals surface area contributed by atoms with Crippen LogP contribution in [0.5, 0.6) is 0 Å². The van der Waals surface area contributed by atoms with E-state index < -0.39 is 0 Å². The quantitative estimate of drug-likeness (QED) is 0.774. The molecule has 1 saturated heterocycles. The van der Waals surface area contributed by atoms with Crippen molar-refractivity contribution in [2.45, 2.75) is 45.8 Å². The number of halogens is 1. The number of morpholine rings is 1. The lowest BCUT2D eigenvalue weighted by Gasteiger charge is -2.42. The molecule has 4 nitrogen and oxygen atoms in total. The van der Waals surface area contributed by atoms with Gasteiger partial charge in [0.25, 0.3) is 0 Å². The molecule has 0 aliphatic carbocycles. The van der Waals surface area contributed by atoms with Crippen LogP contribution in [0.15, 0.2) is 6.33 Å². The zero-order chi connectivity index (χ0) is 13.3. The van der Waals surface area contributed by atoms with Crippen LogP contribution in [0.1, 0.15) is 33.3 Å². The number of ether oxygens (including phenoxy) is 1. The van der Waals surface area contributed by atoms with Gasteiger partial charge in [0, 0.05) is 18.7 Å². The fraction of sp³-hybridized carbons (Fsp3) is 0.692. The van der Waals surface area contributed by atoms with Crippen LogP contribution in [-0.4, -0.2) is 34.8 Å². The van der Waals surface area contributed by atoms with Crippen molar-refractivity contribution < 1.29 is 4.74 Å². The second-order valence-electron chi connectivity index (χ2n) is 5.39. The van der Waals surface area contributed by atoms with Crippen LogP contribution >= 0.6 is 11.6 Å². The van der Waals surface area contributed by atoms with Gasteiger partial charge in [0.2, 0.25) is 0 Å². The standard InChI is InChI=1S/C13H20ClN3O/c1-5-10-11(14)15-8-16-12(10)17-6-9(2)18-13(3,4)7-17/h8-9H,5-7H2,1-4H3. The van der Waals surface area contributed by atoms with Gasteiger partial charge in [-0.05, 0) is 27.2 Å². The van der Waals surface area contributed by atoms with E-state index in [0.717, 1.165) is 30.9 Å². The number of aromatic nitrogens is 2. The molecule has 0 spiro atoms. The Labute approximate surface area is 113 Å². The SMILES string of the molecule is CCc1c(Cl)ncnc1N1CC(C)OC(C)(C)C1. The molecule has 0 amide bonds. The summed E-state index contributed by atoms with van der Waals surface area (Å²) in [5, 5.41) is 0.555. The molecule has 1 fully saturated rings. The van der Waals surface area contributed by atoms with Crippen molar-refractivity contribution in [2.24, 2.45) is 0 Å². The molecule has 1 atom stereocenters. The molecule has 2 rings (SSSR count). The molecule has 0 radical (unpaired) electrons. The van der Waals surface area contributed by atoms with Crippen LogP contribution in [0.4, 0.5) is 5.82 Å². The number of rotatable bonds is 2. The van der Waals surface area contributed by atoms with Crippen molar-refractivity contribution in [3.8, 4) is 0 Å². The molecule has 2 heterocycles. The molecule has 0 bridgehead atoms. The maximum Gasteiger partial charge on any atom is 0.137 e. The second kappa shape index (κ2) is 5.02. The van der Waals surface area contributed by atoms with Gasteiger partial charge in [0.05, 0.1) is 11.7 Å². The number of anilines is 1. The maximum atomic E-state index is 6.15. The van der Waals surface area contributed by atoms with E-state index in [1.54, 1.807) is 0 Å². The first-order valence-electron chi connectivity index (χ1n) is 6.35. The highest BCUT2D eigenvalue weighted by atomic mass is 35.5. The predicted molar refractivity (Wildman–Crippen MR) is 73.3 cm³/mol. The molecule has 1 unspecified atom stereocenters. The molecule has 1 aliphatic rings. The normalized spacial score (nSPS) is 23.2. The van der Waals surface area contributed by atoms with Crippen LogP contribution in [0.25, 0.3) is 0 Å². The zero-order valence-corrected chi connectivity index (χ0v) is 12.2. The van der Waals surface area contributed by atoms with Gasteiger partial charge < -0.3 is 9.64 Å². The van der Waals surface area contributed by atoms with Crippen LogP contribution in [0.2, 0.25) is 5.15 Å². The smallest absolute Gasteiger partial charge is 0.137 e. The Morgan fingerprint density at radius 2 is 2.22 bits per heavy atom. The van der Waals surface area contributed by atoms with E-state index in [4.69, 9.17) is 16.3 Å². The molecular formula is C13H20ClN3O. The Morgan fingerprint density at radius 3 is 2.83 bits per heavy atom. The molecular weight excluding hydrogens is 250 g/mol. The number of hydrogen-bond acceptors (Lipinski definition) is 4. The van der Waals surface area contributed by atoms with Gasteiger partial charge in [-0.25, -0.2) is 9.97 Å². The summed E-state index contributed by atoms with van der Waals surface area (Å²) in [5.74, 6) is 0.945. The summed E-state index contributed by atoms with van der Waals surface area (Å²) < 4.78 is 5.91. The van der Waals surface area contributed by atoms with Gasteiger partial charge >= 0.3 is 0 Å². The number of nitrogens with zero attached hydrogens (tertiary/aromatic N) is 3. The van der Waals surface area contributed by atoms with Crippen molar-refractivity contribution in [2.75, 3.05) is 18.0 Å². The summed E-state index contributed by atoms with van der Waals surface area (Å²) in [4.78, 5) is 10.7. The molecule has 18 heavy (non-hydrogen) atoms. The van der Waals surface area contributed by atoms with Crippen LogP contribution in [0.3, 0.4) is 0 Å². The summed E-state index contributed by atoms with van der Waals surface area (Å²) in [6.07, 6.45) is 2.55. The van der Waals surface area contributed by atoms with E-state index in [2.05, 4.69) is 42.6 Å². The molecule has 5 heteroatoms. The fourth-order valence-corrected chi connectivity index (χ4v) is 2.84. The highest BCUT2D eigenvalue weighted by molar-refractivity contribution is 6.30. The number of hydrogen-bond donors (Lipinski definition) is 0. The van der Waals surface area contributed by atoms with E-state index >= 15 is 0 Å². The molecule has 0 N–H and O–H groups in total. The molecule has 1 aliphatic heterocycles. The summed E-state index contributed by atoms with van der Waals surface area (Å²) >= 11 is 6.15. The Hall–Kier alpha value is -0.870. The van der Waals surface area contributed by atoms with Crippen molar-refractivity contribution in [1.82, 2.24) is 9.97 Å². The largest absolute Gasteiger partial charge is 0.369 e. The van der Waals surface area contributed by atoms with Gasteiger partial charge in [-0.2, -0.15) is 0 Å². The third-order valence-electron chi connectivity index (χ3n) is 3.09. The van der Waals surface area contributed by atoms with Gasteiger partial charge in [0.15, 0.2) is 0 Å². The van der Waals surface area contributed by atoms with E-state index in [1.807, 2.05) is 0 Å². The zero-order valence-electron chi connectivity index (χ0n) is 11.4. The average molecular weight is 270 g/mol. The predicted octanol–water partition coefficient (Wildman–Crippen LogP) is 2.70. The van der Waals surface area contributed by atoms with Crippen molar-refractivity contribution in [3.63, 3.8) is 0 Å². The molecule has 100 valence electrons. The molecule has 0 aromatic carbocycles. The third kappa shape index (κ3) is 2.75. The Morgan fingerprint density at radius 1 is 1.50 bits per heavy atom. The van der Waals surface area contributed by atoms with Crippen molar-refractivity contribution >= 4 is 17.4 Å². The first kappa shape index (κ1) is 13.6. The third-order valence-corrected chi connectivity index (χ3v) is 3.42. The molecule has 0 saturated carbocycles. The van der Waals surface area contributed by atoms with Crippen LogP contribution in [0, 0.1) is 0 Å². The van der Waals surface area contributed by atoms with Gasteiger partial charge in [0.1, 0.15) is 17.3 Å². The van der Waals surface area contributed by atoms with Gasteiger partial charge in [-0.1, -0.05) is 18.5 Å². The van der Waals surface area contributed by atoms with Crippen LogP contribution < -0.4 is 4.90 Å². The topological polar surface area (TPSA) is 38.2 Å². The minimum absolute atomic E-state index is 0.167. The fourth-order valence-electron chi connectivity index (χ4n) is 2.57. The summed E-state index contributed by atoms with van der Waals surface area (Å²) in [5.41, 5.74) is 0.851. The summed E-state index contributed by atoms with van der Waals surface area (Å²) in [6, 6.07) is 0. The Balaban J connectivity index is 2.34.